The van der Waals surface area contributed by atoms with Crippen molar-refractivity contribution < 1.29 is 13.9 Å². The van der Waals surface area contributed by atoms with Crippen molar-refractivity contribution in [3.8, 4) is 17.6 Å². The van der Waals surface area contributed by atoms with Crippen molar-refractivity contribution in [1.82, 2.24) is 4.98 Å². The molecule has 0 unspecified atom stereocenters. The predicted octanol–water partition coefficient (Wildman–Crippen LogP) is 5.00. The summed E-state index contributed by atoms with van der Waals surface area (Å²) in [7, 11) is 3.16. The molecule has 0 saturated carbocycles. The van der Waals surface area contributed by atoms with Crippen molar-refractivity contribution in [2.45, 2.75) is 6.54 Å². The molecule has 1 aromatic heterocycles. The maximum atomic E-state index is 9.30. The van der Waals surface area contributed by atoms with Gasteiger partial charge in [0.15, 0.2) is 11.5 Å². The zero-order valence-electron chi connectivity index (χ0n) is 15.4. The Labute approximate surface area is 168 Å². The SMILES string of the molecule is COc1ccc(/C=C/c2nc(C#N)c(NCc3ccccc3Cl)o2)cc1OC. The third-order valence-corrected chi connectivity index (χ3v) is 4.34. The topological polar surface area (TPSA) is 80.3 Å². The van der Waals surface area contributed by atoms with E-state index in [4.69, 9.17) is 25.5 Å². The molecule has 0 aliphatic rings. The summed E-state index contributed by atoms with van der Waals surface area (Å²) in [5, 5.41) is 13.0. The number of rotatable bonds is 7. The van der Waals surface area contributed by atoms with Crippen molar-refractivity contribution in [1.29, 1.82) is 5.26 Å². The predicted molar refractivity (Wildman–Crippen MR) is 108 cm³/mol. The molecule has 0 spiro atoms. The number of nitriles is 1. The summed E-state index contributed by atoms with van der Waals surface area (Å²) in [5.41, 5.74) is 1.95. The number of aromatic nitrogens is 1. The molecule has 0 aliphatic heterocycles. The number of benzene rings is 2. The molecular weight excluding hydrogens is 378 g/mol. The first-order valence-corrected chi connectivity index (χ1v) is 8.80. The van der Waals surface area contributed by atoms with Gasteiger partial charge in [0, 0.05) is 17.6 Å². The summed E-state index contributed by atoms with van der Waals surface area (Å²) in [4.78, 5) is 4.19. The lowest BCUT2D eigenvalue weighted by Gasteiger charge is -2.07. The molecule has 142 valence electrons. The highest BCUT2D eigenvalue weighted by molar-refractivity contribution is 6.31. The van der Waals surface area contributed by atoms with Crippen LogP contribution < -0.4 is 14.8 Å². The highest BCUT2D eigenvalue weighted by Gasteiger charge is 2.12. The van der Waals surface area contributed by atoms with Crippen LogP contribution in [0.1, 0.15) is 22.7 Å². The molecule has 0 bridgehead atoms. The van der Waals surface area contributed by atoms with E-state index in [1.807, 2.05) is 48.5 Å². The van der Waals surface area contributed by atoms with E-state index < -0.39 is 0 Å². The van der Waals surface area contributed by atoms with Crippen LogP contribution in [0.2, 0.25) is 5.02 Å². The van der Waals surface area contributed by atoms with Gasteiger partial charge in [-0.3, -0.25) is 0 Å². The molecule has 1 N–H and O–H groups in total. The Kier molecular flexibility index (Phi) is 6.20. The van der Waals surface area contributed by atoms with E-state index in [2.05, 4.69) is 10.3 Å². The minimum atomic E-state index is 0.180. The van der Waals surface area contributed by atoms with E-state index in [1.165, 1.54) is 0 Å². The summed E-state index contributed by atoms with van der Waals surface area (Å²) in [6.07, 6.45) is 3.50. The molecule has 0 amide bonds. The third-order valence-electron chi connectivity index (χ3n) is 3.97. The number of nitrogens with one attached hydrogen (secondary N) is 1. The molecule has 0 saturated heterocycles. The largest absolute Gasteiger partial charge is 0.493 e. The Bertz CT molecular complexity index is 1040. The average Bonchev–Trinajstić information content (AvgIpc) is 3.13. The van der Waals surface area contributed by atoms with Crippen LogP contribution >= 0.6 is 11.6 Å². The minimum Gasteiger partial charge on any atom is -0.493 e. The molecule has 0 atom stereocenters. The summed E-state index contributed by atoms with van der Waals surface area (Å²) in [6, 6.07) is 15.0. The molecule has 2 aromatic carbocycles. The van der Waals surface area contributed by atoms with E-state index >= 15 is 0 Å². The van der Waals surface area contributed by atoms with Crippen LogP contribution in [0, 0.1) is 11.3 Å². The van der Waals surface area contributed by atoms with Gasteiger partial charge in [0.05, 0.1) is 14.2 Å². The number of oxazole rings is 1. The third kappa shape index (κ3) is 4.45. The van der Waals surface area contributed by atoms with Crippen LogP contribution in [0.25, 0.3) is 12.2 Å². The molecule has 3 rings (SSSR count). The quantitative estimate of drug-likeness (QED) is 0.606. The first-order chi connectivity index (χ1) is 13.6. The Morgan fingerprint density at radius 3 is 2.64 bits per heavy atom. The molecule has 6 nitrogen and oxygen atoms in total. The molecular formula is C21H18ClN3O3. The smallest absolute Gasteiger partial charge is 0.232 e. The van der Waals surface area contributed by atoms with Gasteiger partial charge in [0.2, 0.25) is 17.5 Å². The maximum absolute atomic E-state index is 9.30. The summed E-state index contributed by atoms with van der Waals surface area (Å²) in [6.45, 7) is 0.419. The van der Waals surface area contributed by atoms with E-state index in [0.717, 1.165) is 11.1 Å². The number of hydrogen-bond donors (Lipinski definition) is 1. The van der Waals surface area contributed by atoms with Gasteiger partial charge in [0.1, 0.15) is 6.07 Å². The normalized spacial score (nSPS) is 10.6. The summed E-state index contributed by atoms with van der Waals surface area (Å²) >= 11 is 6.15. The lowest BCUT2D eigenvalue weighted by atomic mass is 10.2. The standard InChI is InChI=1S/C21H18ClN3O3/c1-26-18-9-7-14(11-19(18)27-2)8-10-20-25-17(12-23)21(28-20)24-13-15-5-3-4-6-16(15)22/h3-11,24H,13H2,1-2H3/b10-8+. The second-order valence-corrected chi connectivity index (χ2v) is 6.14. The number of ether oxygens (including phenoxy) is 2. The highest BCUT2D eigenvalue weighted by Crippen LogP contribution is 2.28. The van der Waals surface area contributed by atoms with Crippen molar-refractivity contribution in [3.05, 3.63) is 70.2 Å². The Morgan fingerprint density at radius 2 is 1.93 bits per heavy atom. The number of methoxy groups -OCH3 is 2. The van der Waals surface area contributed by atoms with Gasteiger partial charge < -0.3 is 19.2 Å². The minimum absolute atomic E-state index is 0.180. The van der Waals surface area contributed by atoms with Gasteiger partial charge >= 0.3 is 0 Å². The van der Waals surface area contributed by atoms with Crippen LogP contribution in [-0.4, -0.2) is 19.2 Å². The number of anilines is 1. The van der Waals surface area contributed by atoms with Crippen molar-refractivity contribution in [3.63, 3.8) is 0 Å². The monoisotopic (exact) mass is 395 g/mol. The van der Waals surface area contributed by atoms with Crippen LogP contribution in [0.5, 0.6) is 11.5 Å². The molecule has 3 aromatic rings. The first kappa shape index (κ1) is 19.3. The van der Waals surface area contributed by atoms with E-state index in [0.29, 0.717) is 34.8 Å². The van der Waals surface area contributed by atoms with Crippen LogP contribution in [0.4, 0.5) is 5.88 Å². The lowest BCUT2D eigenvalue weighted by molar-refractivity contribution is 0.355. The fourth-order valence-corrected chi connectivity index (χ4v) is 2.75. The second-order valence-electron chi connectivity index (χ2n) is 5.73. The summed E-state index contributed by atoms with van der Waals surface area (Å²) < 4.78 is 16.2. The molecule has 0 radical (unpaired) electrons. The van der Waals surface area contributed by atoms with Gasteiger partial charge in [-0.2, -0.15) is 10.2 Å². The molecule has 28 heavy (non-hydrogen) atoms. The van der Waals surface area contributed by atoms with E-state index in [-0.39, 0.29) is 5.69 Å². The van der Waals surface area contributed by atoms with E-state index in [9.17, 15) is 5.26 Å². The number of nitrogens with zero attached hydrogens (tertiary/aromatic N) is 2. The molecule has 7 heteroatoms. The highest BCUT2D eigenvalue weighted by atomic mass is 35.5. The van der Waals surface area contributed by atoms with Gasteiger partial charge in [0.25, 0.3) is 0 Å². The Hall–Kier alpha value is -3.43. The van der Waals surface area contributed by atoms with Gasteiger partial charge in [-0.15, -0.1) is 0 Å². The molecule has 1 heterocycles. The lowest BCUT2D eigenvalue weighted by Crippen LogP contribution is -2.00. The van der Waals surface area contributed by atoms with Gasteiger partial charge in [-0.25, -0.2) is 0 Å². The van der Waals surface area contributed by atoms with Gasteiger partial charge in [-0.05, 0) is 35.4 Å². The average molecular weight is 396 g/mol. The Morgan fingerprint density at radius 1 is 1.14 bits per heavy atom. The van der Waals surface area contributed by atoms with Gasteiger partial charge in [-0.1, -0.05) is 35.9 Å². The van der Waals surface area contributed by atoms with E-state index in [1.54, 1.807) is 26.4 Å². The molecule has 0 fully saturated rings. The van der Waals surface area contributed by atoms with Crippen molar-refractivity contribution in [2.75, 3.05) is 19.5 Å². The maximum Gasteiger partial charge on any atom is 0.232 e. The van der Waals surface area contributed by atoms with Crippen LogP contribution in [-0.2, 0) is 6.54 Å². The fraction of sp³-hybridized carbons (Fsp3) is 0.143. The fourth-order valence-electron chi connectivity index (χ4n) is 2.54. The zero-order valence-corrected chi connectivity index (χ0v) is 16.2. The van der Waals surface area contributed by atoms with Crippen LogP contribution in [0.3, 0.4) is 0 Å². The zero-order chi connectivity index (χ0) is 19.9. The Balaban J connectivity index is 1.76. The molecule has 0 aliphatic carbocycles. The second kappa shape index (κ2) is 8.98. The van der Waals surface area contributed by atoms with Crippen molar-refractivity contribution >= 4 is 29.6 Å². The first-order valence-electron chi connectivity index (χ1n) is 8.43. The van der Waals surface area contributed by atoms with Crippen LogP contribution in [0.15, 0.2) is 46.9 Å². The summed E-state index contributed by atoms with van der Waals surface area (Å²) in [5.74, 6) is 1.88. The number of hydrogen-bond acceptors (Lipinski definition) is 6. The van der Waals surface area contributed by atoms with Crippen molar-refractivity contribution in [2.24, 2.45) is 0 Å². The number of halogens is 1.